The normalized spacial score (nSPS) is 14.6. The molecule has 31 heavy (non-hydrogen) atoms. The van der Waals surface area contributed by atoms with E-state index in [0.29, 0.717) is 6.42 Å². The van der Waals surface area contributed by atoms with Gasteiger partial charge >= 0.3 is 0 Å². The van der Waals surface area contributed by atoms with E-state index in [9.17, 15) is 4.79 Å². The van der Waals surface area contributed by atoms with Crippen molar-refractivity contribution in [2.24, 2.45) is 4.99 Å². The molecular weight excluding hydrogens is 382 g/mol. The number of nitrogens with zero attached hydrogens (tertiary/aromatic N) is 3. The molecule has 4 nitrogen and oxygen atoms in total. The van der Waals surface area contributed by atoms with Gasteiger partial charge in [-0.25, -0.2) is 0 Å². The minimum Gasteiger partial charge on any atom is -0.354 e. The van der Waals surface area contributed by atoms with Crippen molar-refractivity contribution in [3.05, 3.63) is 12.2 Å². The van der Waals surface area contributed by atoms with Crippen LogP contribution in [0.15, 0.2) is 17.1 Å². The maximum Gasteiger partial charge on any atom is 0.197 e. The first-order valence-electron chi connectivity index (χ1n) is 13.3. The van der Waals surface area contributed by atoms with Crippen molar-refractivity contribution >= 4 is 11.6 Å². The first-order chi connectivity index (χ1) is 15.1. The van der Waals surface area contributed by atoms with E-state index >= 15 is 0 Å². The van der Waals surface area contributed by atoms with Crippen LogP contribution in [0.25, 0.3) is 0 Å². The molecule has 0 bridgehead atoms. The van der Waals surface area contributed by atoms with Gasteiger partial charge in [-0.1, -0.05) is 70.4 Å². The molecule has 0 aromatic heterocycles. The van der Waals surface area contributed by atoms with Crippen molar-refractivity contribution < 1.29 is 4.79 Å². The van der Waals surface area contributed by atoms with Gasteiger partial charge in [-0.3, -0.25) is 9.79 Å². The summed E-state index contributed by atoms with van der Waals surface area (Å²) in [5.41, 5.74) is 0. The molecule has 0 fully saturated rings. The van der Waals surface area contributed by atoms with E-state index < -0.39 is 0 Å². The summed E-state index contributed by atoms with van der Waals surface area (Å²) in [5, 5.41) is 0. The molecular formula is C27H51N3O. The molecule has 0 saturated carbocycles. The van der Waals surface area contributed by atoms with Gasteiger partial charge in [0, 0.05) is 26.1 Å². The minimum absolute atomic E-state index is 0.266. The average molecular weight is 434 g/mol. The van der Waals surface area contributed by atoms with Crippen LogP contribution in [0.4, 0.5) is 0 Å². The SMILES string of the molecule is CCCCCCCCC=CCCCCCCCC(=O)C1=NCCCN1CCCN(C)C. The van der Waals surface area contributed by atoms with E-state index in [0.717, 1.165) is 51.3 Å². The third-order valence-corrected chi connectivity index (χ3v) is 6.10. The summed E-state index contributed by atoms with van der Waals surface area (Å²) >= 11 is 0. The Morgan fingerprint density at radius 3 is 2.16 bits per heavy atom. The predicted octanol–water partition coefficient (Wildman–Crippen LogP) is 6.65. The summed E-state index contributed by atoms with van der Waals surface area (Å²) in [7, 11) is 4.20. The van der Waals surface area contributed by atoms with Gasteiger partial charge < -0.3 is 9.80 Å². The monoisotopic (exact) mass is 433 g/mol. The number of carbonyl (C=O) groups is 1. The summed E-state index contributed by atoms with van der Waals surface area (Å²) in [6.07, 6.45) is 24.4. The summed E-state index contributed by atoms with van der Waals surface area (Å²) in [6.45, 7) is 6.10. The average Bonchev–Trinajstić information content (AvgIpc) is 2.76. The molecule has 0 N–H and O–H groups in total. The molecule has 0 unspecified atom stereocenters. The summed E-state index contributed by atoms with van der Waals surface area (Å²) in [6, 6.07) is 0. The van der Waals surface area contributed by atoms with Crippen LogP contribution >= 0.6 is 0 Å². The lowest BCUT2D eigenvalue weighted by Crippen LogP contribution is -2.41. The van der Waals surface area contributed by atoms with Crippen molar-refractivity contribution in [1.29, 1.82) is 0 Å². The van der Waals surface area contributed by atoms with Crippen molar-refractivity contribution in [2.75, 3.05) is 40.3 Å². The number of unbranched alkanes of at least 4 members (excludes halogenated alkanes) is 11. The third-order valence-electron chi connectivity index (χ3n) is 6.10. The zero-order chi connectivity index (χ0) is 22.6. The van der Waals surface area contributed by atoms with Crippen LogP contribution in [0.3, 0.4) is 0 Å². The first kappa shape index (κ1) is 27.9. The number of amidine groups is 1. The van der Waals surface area contributed by atoms with Gasteiger partial charge in [0.25, 0.3) is 0 Å². The number of Topliss-reactive ketones (excluding diaryl/α,β-unsaturated/α-hetero) is 1. The highest BCUT2D eigenvalue weighted by molar-refractivity contribution is 6.38. The van der Waals surface area contributed by atoms with Gasteiger partial charge in [-0.2, -0.15) is 0 Å². The maximum absolute atomic E-state index is 12.6. The lowest BCUT2D eigenvalue weighted by Gasteiger charge is -2.29. The second kappa shape index (κ2) is 19.5. The fraction of sp³-hybridized carbons (Fsp3) is 0.852. The molecule has 0 aromatic carbocycles. The second-order valence-electron chi connectivity index (χ2n) is 9.46. The van der Waals surface area contributed by atoms with E-state index in [1.54, 1.807) is 0 Å². The Hall–Kier alpha value is -1.16. The fourth-order valence-corrected chi connectivity index (χ4v) is 4.18. The summed E-state index contributed by atoms with van der Waals surface area (Å²) in [4.78, 5) is 21.6. The zero-order valence-corrected chi connectivity index (χ0v) is 21.0. The number of allylic oxidation sites excluding steroid dienone is 2. The van der Waals surface area contributed by atoms with E-state index in [1.807, 2.05) is 0 Å². The number of aliphatic imine (C=N–C) groups is 1. The lowest BCUT2D eigenvalue weighted by molar-refractivity contribution is -0.113. The molecule has 1 rings (SSSR count). The largest absolute Gasteiger partial charge is 0.354 e. The summed E-state index contributed by atoms with van der Waals surface area (Å²) < 4.78 is 0. The minimum atomic E-state index is 0.266. The molecule has 1 aliphatic rings. The molecule has 1 heterocycles. The molecule has 0 atom stereocenters. The van der Waals surface area contributed by atoms with E-state index in [4.69, 9.17) is 0 Å². The van der Waals surface area contributed by atoms with Crippen LogP contribution in [0, 0.1) is 0 Å². The van der Waals surface area contributed by atoms with Crippen LogP contribution in [0.5, 0.6) is 0 Å². The third kappa shape index (κ3) is 15.3. The summed E-state index contributed by atoms with van der Waals surface area (Å²) in [5.74, 6) is 1.03. The molecule has 0 amide bonds. The second-order valence-corrected chi connectivity index (χ2v) is 9.46. The number of ketones is 1. The maximum atomic E-state index is 12.6. The molecule has 180 valence electrons. The van der Waals surface area contributed by atoms with E-state index in [2.05, 4.69) is 48.0 Å². The molecule has 4 heteroatoms. The van der Waals surface area contributed by atoms with Crippen LogP contribution in [-0.4, -0.2) is 61.7 Å². The van der Waals surface area contributed by atoms with Crippen molar-refractivity contribution in [3.8, 4) is 0 Å². The Morgan fingerprint density at radius 2 is 1.52 bits per heavy atom. The molecule has 0 spiro atoms. The van der Waals surface area contributed by atoms with Crippen LogP contribution in [-0.2, 0) is 4.79 Å². The number of rotatable bonds is 20. The molecule has 0 saturated heterocycles. The smallest absolute Gasteiger partial charge is 0.197 e. The van der Waals surface area contributed by atoms with Gasteiger partial charge in [0.2, 0.25) is 0 Å². The van der Waals surface area contributed by atoms with E-state index in [-0.39, 0.29) is 5.78 Å². The molecule has 0 aliphatic carbocycles. The Bertz CT molecular complexity index is 499. The van der Waals surface area contributed by atoms with Gasteiger partial charge in [0.05, 0.1) is 0 Å². The topological polar surface area (TPSA) is 35.9 Å². The lowest BCUT2D eigenvalue weighted by atomic mass is 10.1. The molecule has 1 aliphatic heterocycles. The van der Waals surface area contributed by atoms with Gasteiger partial charge in [-0.15, -0.1) is 0 Å². The Balaban J connectivity index is 2.01. The van der Waals surface area contributed by atoms with Gasteiger partial charge in [0.1, 0.15) is 0 Å². The number of hydrogen-bond donors (Lipinski definition) is 0. The van der Waals surface area contributed by atoms with Crippen LogP contribution in [0.1, 0.15) is 110 Å². The standard InChI is InChI=1S/C27H51N3O/c1-4-5-6-7-8-9-10-11-12-13-14-15-16-17-18-21-26(31)27-28-22-19-24-30(27)25-20-23-29(2)3/h11-12H,4-10,13-25H2,1-3H3. The molecule has 0 radical (unpaired) electrons. The first-order valence-corrected chi connectivity index (χ1v) is 13.3. The van der Waals surface area contributed by atoms with E-state index in [1.165, 1.54) is 77.0 Å². The molecule has 0 aromatic rings. The highest BCUT2D eigenvalue weighted by Gasteiger charge is 2.21. The van der Waals surface area contributed by atoms with Crippen LogP contribution in [0.2, 0.25) is 0 Å². The quantitative estimate of drug-likeness (QED) is 0.159. The highest BCUT2D eigenvalue weighted by atomic mass is 16.1. The Morgan fingerprint density at radius 1 is 0.903 bits per heavy atom. The Labute approximate surface area is 193 Å². The predicted molar refractivity (Wildman–Crippen MR) is 136 cm³/mol. The van der Waals surface area contributed by atoms with Crippen LogP contribution < -0.4 is 0 Å². The number of hydrogen-bond acceptors (Lipinski definition) is 4. The van der Waals surface area contributed by atoms with Crippen molar-refractivity contribution in [3.63, 3.8) is 0 Å². The Kier molecular flexibility index (Phi) is 17.6. The zero-order valence-electron chi connectivity index (χ0n) is 21.0. The number of carbonyl (C=O) groups excluding carboxylic acids is 1. The van der Waals surface area contributed by atoms with Gasteiger partial charge in [0.15, 0.2) is 11.6 Å². The highest BCUT2D eigenvalue weighted by Crippen LogP contribution is 2.12. The van der Waals surface area contributed by atoms with Crippen molar-refractivity contribution in [1.82, 2.24) is 9.80 Å². The fourth-order valence-electron chi connectivity index (χ4n) is 4.18. The van der Waals surface area contributed by atoms with Gasteiger partial charge in [-0.05, 0) is 65.6 Å². The van der Waals surface area contributed by atoms with Crippen molar-refractivity contribution in [2.45, 2.75) is 110 Å².